The Kier molecular flexibility index (Phi) is 5.41. The van der Waals surface area contributed by atoms with Crippen molar-refractivity contribution in [3.05, 3.63) is 23.8 Å². The van der Waals surface area contributed by atoms with E-state index in [2.05, 4.69) is 10.6 Å². The lowest BCUT2D eigenvalue weighted by atomic mass is 10.1. The van der Waals surface area contributed by atoms with E-state index in [4.69, 9.17) is 5.11 Å². The fraction of sp³-hybridized carbons (Fsp3) is 0.562. The van der Waals surface area contributed by atoms with Crippen LogP contribution in [0.1, 0.15) is 33.1 Å². The molecule has 2 rings (SSSR count). The molecular formula is C16H23F2N3O2. The quantitative estimate of drug-likeness (QED) is 0.797. The van der Waals surface area contributed by atoms with Gasteiger partial charge in [0, 0.05) is 18.8 Å². The van der Waals surface area contributed by atoms with Gasteiger partial charge in [0.15, 0.2) is 11.6 Å². The van der Waals surface area contributed by atoms with Gasteiger partial charge in [-0.05, 0) is 45.2 Å². The lowest BCUT2D eigenvalue weighted by Crippen LogP contribution is -2.48. The highest BCUT2D eigenvalue weighted by molar-refractivity contribution is 5.90. The van der Waals surface area contributed by atoms with Crippen molar-refractivity contribution in [1.82, 2.24) is 5.32 Å². The fourth-order valence-corrected chi connectivity index (χ4v) is 2.57. The molecule has 1 aliphatic heterocycles. The number of carbonyl (C=O) groups is 1. The Hall–Kier alpha value is -1.89. The van der Waals surface area contributed by atoms with Crippen LogP contribution in [-0.4, -0.2) is 36.4 Å². The lowest BCUT2D eigenvalue weighted by Gasteiger charge is -2.29. The lowest BCUT2D eigenvalue weighted by molar-refractivity contribution is 0.187. The Labute approximate surface area is 134 Å². The van der Waals surface area contributed by atoms with Gasteiger partial charge in [-0.1, -0.05) is 0 Å². The second-order valence-corrected chi connectivity index (χ2v) is 6.46. The van der Waals surface area contributed by atoms with Crippen LogP contribution in [0.3, 0.4) is 0 Å². The Bertz CT molecular complexity index is 549. The number of nitrogens with one attached hydrogen (secondary N) is 2. The fourth-order valence-electron chi connectivity index (χ4n) is 2.57. The van der Waals surface area contributed by atoms with Gasteiger partial charge in [0.2, 0.25) is 0 Å². The highest BCUT2D eigenvalue weighted by atomic mass is 19.1. The summed E-state index contributed by atoms with van der Waals surface area (Å²) in [4.78, 5) is 13.5. The molecule has 1 aromatic rings. The number of hydrogen-bond acceptors (Lipinski definition) is 3. The molecule has 1 fully saturated rings. The van der Waals surface area contributed by atoms with Gasteiger partial charge in [0.05, 0.1) is 12.1 Å². The standard InChI is InChI=1S/C16H23F2N3O2/c1-16(2,10-22)20-15(23)19-11-8-12(17)14(13(18)9-11)21-6-4-3-5-7-21/h8-9,22H,3-7,10H2,1-2H3,(H2,19,20,23). The van der Waals surface area contributed by atoms with E-state index >= 15 is 0 Å². The second-order valence-electron chi connectivity index (χ2n) is 6.46. The maximum Gasteiger partial charge on any atom is 0.319 e. The molecule has 1 aliphatic rings. The predicted octanol–water partition coefficient (Wildman–Crippen LogP) is 2.85. The highest BCUT2D eigenvalue weighted by Crippen LogP contribution is 2.29. The molecule has 0 atom stereocenters. The predicted molar refractivity (Wildman–Crippen MR) is 85.7 cm³/mol. The number of amides is 2. The first kappa shape index (κ1) is 17.5. The van der Waals surface area contributed by atoms with Crippen LogP contribution in [0.2, 0.25) is 0 Å². The average Bonchev–Trinajstić information content (AvgIpc) is 2.47. The molecule has 1 saturated heterocycles. The van der Waals surface area contributed by atoms with Crippen molar-refractivity contribution in [2.24, 2.45) is 0 Å². The van der Waals surface area contributed by atoms with Gasteiger partial charge < -0.3 is 20.6 Å². The largest absolute Gasteiger partial charge is 0.394 e. The van der Waals surface area contributed by atoms with Crippen LogP contribution in [0.15, 0.2) is 12.1 Å². The molecular weight excluding hydrogens is 304 g/mol. The van der Waals surface area contributed by atoms with Crippen LogP contribution in [0, 0.1) is 11.6 Å². The third kappa shape index (κ3) is 4.54. The van der Waals surface area contributed by atoms with Gasteiger partial charge >= 0.3 is 6.03 Å². The summed E-state index contributed by atoms with van der Waals surface area (Å²) in [6.45, 7) is 4.27. The maximum absolute atomic E-state index is 14.3. The van der Waals surface area contributed by atoms with Gasteiger partial charge in [-0.2, -0.15) is 0 Å². The van der Waals surface area contributed by atoms with Gasteiger partial charge in [-0.25, -0.2) is 13.6 Å². The number of nitrogens with zero attached hydrogens (tertiary/aromatic N) is 1. The molecule has 128 valence electrons. The normalized spacial score (nSPS) is 15.4. The number of hydrogen-bond donors (Lipinski definition) is 3. The highest BCUT2D eigenvalue weighted by Gasteiger charge is 2.22. The first-order valence-corrected chi connectivity index (χ1v) is 7.76. The zero-order chi connectivity index (χ0) is 17.0. The minimum absolute atomic E-state index is 0.0343. The van der Waals surface area contributed by atoms with E-state index in [-0.39, 0.29) is 18.0 Å². The first-order valence-electron chi connectivity index (χ1n) is 7.76. The third-order valence-corrected chi connectivity index (χ3v) is 3.79. The van der Waals surface area contributed by atoms with Gasteiger partial charge in [-0.3, -0.25) is 0 Å². The summed E-state index contributed by atoms with van der Waals surface area (Å²) >= 11 is 0. The second kappa shape index (κ2) is 7.12. The minimum Gasteiger partial charge on any atom is -0.394 e. The minimum atomic E-state index is -0.824. The maximum atomic E-state index is 14.3. The summed E-state index contributed by atoms with van der Waals surface area (Å²) in [7, 11) is 0. The number of halogens is 2. The Balaban J connectivity index is 2.11. The zero-order valence-electron chi connectivity index (χ0n) is 13.5. The van der Waals surface area contributed by atoms with E-state index in [0.717, 1.165) is 31.4 Å². The third-order valence-electron chi connectivity index (χ3n) is 3.79. The van der Waals surface area contributed by atoms with Crippen LogP contribution in [-0.2, 0) is 0 Å². The molecule has 2 amide bonds. The van der Waals surface area contributed by atoms with E-state index < -0.39 is 23.2 Å². The summed E-state index contributed by atoms with van der Waals surface area (Å²) in [5.74, 6) is -1.38. The van der Waals surface area contributed by atoms with E-state index in [9.17, 15) is 13.6 Å². The topological polar surface area (TPSA) is 64.6 Å². The van der Waals surface area contributed by atoms with Gasteiger partial charge in [0.1, 0.15) is 5.69 Å². The molecule has 0 saturated carbocycles. The molecule has 1 aromatic carbocycles. The molecule has 0 aliphatic carbocycles. The molecule has 7 heteroatoms. The van der Waals surface area contributed by atoms with Crippen molar-refractivity contribution in [3.8, 4) is 0 Å². The SMILES string of the molecule is CC(C)(CO)NC(=O)Nc1cc(F)c(N2CCCCC2)c(F)c1. The zero-order valence-corrected chi connectivity index (χ0v) is 13.5. The van der Waals surface area contributed by atoms with Gasteiger partial charge in [0.25, 0.3) is 0 Å². The molecule has 23 heavy (non-hydrogen) atoms. The number of aliphatic hydroxyl groups is 1. The van der Waals surface area contributed by atoms with E-state index in [1.165, 1.54) is 0 Å². The molecule has 0 unspecified atom stereocenters. The Morgan fingerprint density at radius 1 is 1.22 bits per heavy atom. The van der Waals surface area contributed by atoms with Gasteiger partial charge in [-0.15, -0.1) is 0 Å². The number of piperidine rings is 1. The smallest absolute Gasteiger partial charge is 0.319 e. The molecule has 0 bridgehead atoms. The number of anilines is 2. The molecule has 1 heterocycles. The first-order chi connectivity index (χ1) is 10.8. The van der Waals surface area contributed by atoms with Crippen molar-refractivity contribution >= 4 is 17.4 Å². The summed E-state index contributed by atoms with van der Waals surface area (Å²) in [5.41, 5.74) is -0.826. The van der Waals surface area contributed by atoms with E-state index in [1.54, 1.807) is 18.7 Å². The average molecular weight is 327 g/mol. The van der Waals surface area contributed by atoms with Crippen LogP contribution >= 0.6 is 0 Å². The Morgan fingerprint density at radius 2 is 1.78 bits per heavy atom. The Morgan fingerprint density at radius 3 is 2.30 bits per heavy atom. The van der Waals surface area contributed by atoms with Crippen molar-refractivity contribution < 1.29 is 18.7 Å². The van der Waals surface area contributed by atoms with Crippen LogP contribution in [0.4, 0.5) is 25.0 Å². The summed E-state index contributed by atoms with van der Waals surface area (Å²) < 4.78 is 28.5. The number of aliphatic hydroxyl groups excluding tert-OH is 1. The molecule has 5 nitrogen and oxygen atoms in total. The molecule has 0 radical (unpaired) electrons. The molecule has 3 N–H and O–H groups in total. The van der Waals surface area contributed by atoms with Crippen molar-refractivity contribution in [1.29, 1.82) is 0 Å². The van der Waals surface area contributed by atoms with E-state index in [1.807, 2.05) is 0 Å². The van der Waals surface area contributed by atoms with Crippen molar-refractivity contribution in [2.45, 2.75) is 38.6 Å². The summed E-state index contributed by atoms with van der Waals surface area (Å²) in [5, 5.41) is 14.0. The molecule has 0 spiro atoms. The summed E-state index contributed by atoms with van der Waals surface area (Å²) in [6.07, 6.45) is 2.90. The number of urea groups is 1. The number of rotatable bonds is 4. The van der Waals surface area contributed by atoms with Crippen LogP contribution < -0.4 is 15.5 Å². The summed E-state index contributed by atoms with van der Waals surface area (Å²) in [6, 6.07) is 1.59. The van der Waals surface area contributed by atoms with E-state index in [0.29, 0.717) is 13.1 Å². The molecule has 0 aromatic heterocycles. The monoisotopic (exact) mass is 327 g/mol. The number of carbonyl (C=O) groups excluding carboxylic acids is 1. The van der Waals surface area contributed by atoms with Crippen molar-refractivity contribution in [2.75, 3.05) is 29.9 Å². The number of benzene rings is 1. The van der Waals surface area contributed by atoms with Crippen LogP contribution in [0.5, 0.6) is 0 Å². The van der Waals surface area contributed by atoms with Crippen LogP contribution in [0.25, 0.3) is 0 Å². The van der Waals surface area contributed by atoms with Crippen molar-refractivity contribution in [3.63, 3.8) is 0 Å².